The number of rotatable bonds is 4. The maximum absolute atomic E-state index is 8.57. The van der Waals surface area contributed by atoms with E-state index in [0.717, 1.165) is 48.6 Å². The molecule has 1 saturated heterocycles. The molecule has 0 amide bonds. The fourth-order valence-corrected chi connectivity index (χ4v) is 2.72. The van der Waals surface area contributed by atoms with Gasteiger partial charge in [0.2, 0.25) is 0 Å². The molecule has 5 nitrogen and oxygen atoms in total. The summed E-state index contributed by atoms with van der Waals surface area (Å²) in [5, 5.41) is 9.35. The second-order valence-corrected chi connectivity index (χ2v) is 5.76. The number of nitriles is 1. The molecule has 0 bridgehead atoms. The van der Waals surface area contributed by atoms with Crippen molar-refractivity contribution in [3.05, 3.63) is 11.8 Å². The molecule has 1 fully saturated rings. The van der Waals surface area contributed by atoms with Crippen molar-refractivity contribution in [2.24, 2.45) is 0 Å². The molecule has 0 atom stereocenters. The van der Waals surface area contributed by atoms with E-state index in [2.05, 4.69) is 32.9 Å². The number of hydrogen-bond donors (Lipinski definition) is 0. The van der Waals surface area contributed by atoms with Crippen molar-refractivity contribution < 1.29 is 0 Å². The van der Waals surface area contributed by atoms with Crippen molar-refractivity contribution in [1.82, 2.24) is 14.9 Å². The van der Waals surface area contributed by atoms with Crippen molar-refractivity contribution in [2.45, 2.75) is 18.5 Å². The van der Waals surface area contributed by atoms with Gasteiger partial charge in [-0.25, -0.2) is 9.97 Å². The van der Waals surface area contributed by atoms with Crippen LogP contribution in [0.3, 0.4) is 0 Å². The maximum Gasteiger partial charge on any atom is 0.189 e. The van der Waals surface area contributed by atoms with Gasteiger partial charge in [0.15, 0.2) is 5.16 Å². The Morgan fingerprint density at radius 3 is 2.74 bits per heavy atom. The molecule has 0 radical (unpaired) electrons. The zero-order chi connectivity index (χ0) is 13.7. The summed E-state index contributed by atoms with van der Waals surface area (Å²) in [5.74, 6) is 1.77. The Hall–Kier alpha value is -1.32. The van der Waals surface area contributed by atoms with Crippen LogP contribution >= 0.6 is 11.8 Å². The Bertz CT molecular complexity index is 463. The number of piperazine rings is 1. The molecule has 0 N–H and O–H groups in total. The number of aryl methyl sites for hydroxylation is 1. The van der Waals surface area contributed by atoms with Gasteiger partial charge in [-0.2, -0.15) is 5.26 Å². The van der Waals surface area contributed by atoms with Crippen LogP contribution in [0, 0.1) is 18.3 Å². The Morgan fingerprint density at radius 2 is 2.05 bits per heavy atom. The molecular formula is C13H19N5S. The summed E-state index contributed by atoms with van der Waals surface area (Å²) >= 11 is 1.56. The predicted octanol–water partition coefficient (Wildman–Crippen LogP) is 1.54. The van der Waals surface area contributed by atoms with Crippen molar-refractivity contribution in [3.8, 4) is 6.07 Å². The zero-order valence-electron chi connectivity index (χ0n) is 11.5. The van der Waals surface area contributed by atoms with Crippen LogP contribution in [0.4, 0.5) is 5.82 Å². The first-order valence-electron chi connectivity index (χ1n) is 6.48. The molecule has 6 heteroatoms. The summed E-state index contributed by atoms with van der Waals surface area (Å²) < 4.78 is 0. The van der Waals surface area contributed by atoms with Crippen molar-refractivity contribution in [1.29, 1.82) is 5.26 Å². The number of likely N-dealkylation sites (N-methyl/N-ethyl adjacent to an activating group) is 1. The summed E-state index contributed by atoms with van der Waals surface area (Å²) in [5.41, 5.74) is 0.989. The lowest BCUT2D eigenvalue weighted by Crippen LogP contribution is -2.44. The monoisotopic (exact) mass is 277 g/mol. The van der Waals surface area contributed by atoms with E-state index >= 15 is 0 Å². The summed E-state index contributed by atoms with van der Waals surface area (Å²) in [6, 6.07) is 4.18. The van der Waals surface area contributed by atoms with E-state index < -0.39 is 0 Å². The molecule has 1 aromatic heterocycles. The average Bonchev–Trinajstić information content (AvgIpc) is 2.39. The minimum absolute atomic E-state index is 0.534. The van der Waals surface area contributed by atoms with Gasteiger partial charge < -0.3 is 9.80 Å². The normalized spacial score (nSPS) is 16.4. The lowest BCUT2D eigenvalue weighted by Gasteiger charge is -2.33. The highest BCUT2D eigenvalue weighted by atomic mass is 32.2. The average molecular weight is 277 g/mol. The highest BCUT2D eigenvalue weighted by Gasteiger charge is 2.16. The Kier molecular flexibility index (Phi) is 5.00. The molecule has 0 aliphatic carbocycles. The van der Waals surface area contributed by atoms with Crippen LogP contribution in [0.5, 0.6) is 0 Å². The van der Waals surface area contributed by atoms with Crippen LogP contribution in [0.2, 0.25) is 0 Å². The van der Waals surface area contributed by atoms with Gasteiger partial charge in [0.05, 0.1) is 6.07 Å². The minimum atomic E-state index is 0.534. The SMILES string of the molecule is Cc1cc(N2CCN(C)CC2)nc(SCCC#N)n1. The molecule has 1 aliphatic rings. The van der Waals surface area contributed by atoms with E-state index in [9.17, 15) is 0 Å². The van der Waals surface area contributed by atoms with E-state index in [1.807, 2.05) is 13.0 Å². The van der Waals surface area contributed by atoms with E-state index in [1.165, 1.54) is 0 Å². The quantitative estimate of drug-likeness (QED) is 0.473. The second kappa shape index (κ2) is 6.73. The van der Waals surface area contributed by atoms with Gasteiger partial charge in [-0.15, -0.1) is 0 Å². The van der Waals surface area contributed by atoms with Gasteiger partial charge >= 0.3 is 0 Å². The van der Waals surface area contributed by atoms with Crippen LogP contribution in [-0.2, 0) is 0 Å². The highest BCUT2D eigenvalue weighted by molar-refractivity contribution is 7.99. The summed E-state index contributed by atoms with van der Waals surface area (Å²) in [6.45, 7) is 6.15. The highest BCUT2D eigenvalue weighted by Crippen LogP contribution is 2.20. The predicted molar refractivity (Wildman–Crippen MR) is 77.4 cm³/mol. The van der Waals surface area contributed by atoms with E-state index in [1.54, 1.807) is 11.8 Å². The van der Waals surface area contributed by atoms with Crippen LogP contribution in [0.25, 0.3) is 0 Å². The second-order valence-electron chi connectivity index (χ2n) is 4.70. The Balaban J connectivity index is 2.06. The largest absolute Gasteiger partial charge is 0.354 e. The van der Waals surface area contributed by atoms with E-state index in [4.69, 9.17) is 5.26 Å². The molecule has 1 aromatic rings. The van der Waals surface area contributed by atoms with E-state index in [-0.39, 0.29) is 0 Å². The van der Waals surface area contributed by atoms with Gasteiger partial charge in [0, 0.05) is 50.1 Å². The van der Waals surface area contributed by atoms with Crippen LogP contribution in [0.1, 0.15) is 12.1 Å². The molecule has 102 valence electrons. The Labute approximate surface area is 118 Å². The van der Waals surface area contributed by atoms with Gasteiger partial charge in [0.1, 0.15) is 5.82 Å². The summed E-state index contributed by atoms with van der Waals surface area (Å²) in [6.07, 6.45) is 0.534. The number of thioether (sulfide) groups is 1. The molecule has 0 aromatic carbocycles. The third kappa shape index (κ3) is 4.08. The first kappa shape index (κ1) is 14.1. The van der Waals surface area contributed by atoms with Gasteiger partial charge in [-0.1, -0.05) is 11.8 Å². The molecule has 0 saturated carbocycles. The van der Waals surface area contributed by atoms with Crippen LogP contribution in [0.15, 0.2) is 11.2 Å². The standard InChI is InChI=1S/C13H19N5S/c1-11-10-12(18-7-5-17(2)6-8-18)16-13(15-11)19-9-3-4-14/h10H,3,5-9H2,1-2H3. The lowest BCUT2D eigenvalue weighted by atomic mass is 10.3. The van der Waals surface area contributed by atoms with Crippen LogP contribution in [-0.4, -0.2) is 53.8 Å². The molecule has 2 rings (SSSR count). The van der Waals surface area contributed by atoms with Gasteiger partial charge in [-0.3, -0.25) is 0 Å². The molecule has 2 heterocycles. The maximum atomic E-state index is 8.57. The molecule has 1 aliphatic heterocycles. The van der Waals surface area contributed by atoms with Crippen molar-refractivity contribution >= 4 is 17.6 Å². The number of hydrogen-bond acceptors (Lipinski definition) is 6. The topological polar surface area (TPSA) is 56.0 Å². The van der Waals surface area contributed by atoms with Crippen molar-refractivity contribution in [3.63, 3.8) is 0 Å². The first-order chi connectivity index (χ1) is 9.19. The first-order valence-corrected chi connectivity index (χ1v) is 7.46. The fourth-order valence-electron chi connectivity index (χ4n) is 1.98. The van der Waals surface area contributed by atoms with Crippen LogP contribution < -0.4 is 4.90 Å². The summed E-state index contributed by atoms with van der Waals surface area (Å²) in [4.78, 5) is 13.7. The number of nitrogens with zero attached hydrogens (tertiary/aromatic N) is 5. The number of anilines is 1. The van der Waals surface area contributed by atoms with Gasteiger partial charge in [0.25, 0.3) is 0 Å². The third-order valence-corrected chi connectivity index (χ3v) is 3.94. The number of aromatic nitrogens is 2. The lowest BCUT2D eigenvalue weighted by molar-refractivity contribution is 0.312. The molecule has 0 unspecified atom stereocenters. The molecular weight excluding hydrogens is 258 g/mol. The molecule has 19 heavy (non-hydrogen) atoms. The van der Waals surface area contributed by atoms with Gasteiger partial charge in [-0.05, 0) is 14.0 Å². The minimum Gasteiger partial charge on any atom is -0.354 e. The van der Waals surface area contributed by atoms with E-state index in [0.29, 0.717) is 6.42 Å². The smallest absolute Gasteiger partial charge is 0.189 e. The molecule has 0 spiro atoms. The third-order valence-electron chi connectivity index (χ3n) is 3.09. The summed E-state index contributed by atoms with van der Waals surface area (Å²) in [7, 11) is 2.14. The fraction of sp³-hybridized carbons (Fsp3) is 0.615. The Morgan fingerprint density at radius 1 is 1.32 bits per heavy atom. The van der Waals surface area contributed by atoms with Crippen molar-refractivity contribution in [2.75, 3.05) is 43.9 Å². The zero-order valence-corrected chi connectivity index (χ0v) is 12.3.